The number of pyridine rings is 1. The van der Waals surface area contributed by atoms with Gasteiger partial charge in [0.05, 0.1) is 12.8 Å². The number of carboxylic acid groups (broad SMARTS) is 1. The second-order valence-electron chi connectivity index (χ2n) is 5.48. The Balaban J connectivity index is 1.72. The fraction of sp³-hybridized carbons (Fsp3) is 0.294. The second-order valence-corrected chi connectivity index (χ2v) is 5.48. The summed E-state index contributed by atoms with van der Waals surface area (Å²) in [5.41, 5.74) is 0.890. The van der Waals surface area contributed by atoms with E-state index in [9.17, 15) is 9.18 Å². The molecule has 1 saturated heterocycles. The Morgan fingerprint density at radius 1 is 1.17 bits per heavy atom. The van der Waals surface area contributed by atoms with Crippen LogP contribution in [0.2, 0.25) is 0 Å². The molecular weight excluding hydrogens is 313 g/mol. The molecule has 1 aliphatic heterocycles. The Morgan fingerprint density at radius 2 is 1.88 bits per heavy atom. The standard InChI is InChI=1S/C17H18FN3O3/c1-24-15-11-12(18)5-6-14(15)20-7-9-21(10-8-20)16-4-2-3-13(19-16)17(22)23/h2-6,11H,7-10H2,1H3,(H,22,23). The van der Waals surface area contributed by atoms with E-state index >= 15 is 0 Å². The maximum atomic E-state index is 13.3. The van der Waals surface area contributed by atoms with Gasteiger partial charge < -0.3 is 19.6 Å². The van der Waals surface area contributed by atoms with Gasteiger partial charge in [0.25, 0.3) is 0 Å². The maximum Gasteiger partial charge on any atom is 0.354 e. The number of carboxylic acids is 1. The number of anilines is 2. The number of hydrogen-bond acceptors (Lipinski definition) is 5. The lowest BCUT2D eigenvalue weighted by Gasteiger charge is -2.37. The number of aromatic carboxylic acids is 1. The normalized spacial score (nSPS) is 14.6. The number of aromatic nitrogens is 1. The third-order valence-corrected chi connectivity index (χ3v) is 4.04. The first kappa shape index (κ1) is 16.0. The minimum atomic E-state index is -1.04. The molecule has 1 aromatic carbocycles. The highest BCUT2D eigenvalue weighted by molar-refractivity contribution is 5.85. The molecule has 3 rings (SSSR count). The number of halogens is 1. The summed E-state index contributed by atoms with van der Waals surface area (Å²) in [6.45, 7) is 2.80. The number of piperazine rings is 1. The first-order valence-electron chi connectivity index (χ1n) is 7.62. The van der Waals surface area contributed by atoms with Crippen LogP contribution in [0.4, 0.5) is 15.9 Å². The van der Waals surface area contributed by atoms with Crippen molar-refractivity contribution >= 4 is 17.5 Å². The minimum Gasteiger partial charge on any atom is -0.494 e. The fourth-order valence-corrected chi connectivity index (χ4v) is 2.81. The monoisotopic (exact) mass is 331 g/mol. The number of benzene rings is 1. The quantitative estimate of drug-likeness (QED) is 0.927. The van der Waals surface area contributed by atoms with Gasteiger partial charge in [-0.05, 0) is 24.3 Å². The fourth-order valence-electron chi connectivity index (χ4n) is 2.81. The summed E-state index contributed by atoms with van der Waals surface area (Å²) in [5, 5.41) is 9.04. The van der Waals surface area contributed by atoms with Crippen LogP contribution in [0, 0.1) is 5.82 Å². The third-order valence-electron chi connectivity index (χ3n) is 4.04. The van der Waals surface area contributed by atoms with Gasteiger partial charge in [-0.25, -0.2) is 14.2 Å². The summed E-state index contributed by atoms with van der Waals surface area (Å²) in [5.74, 6) is -0.203. The molecule has 2 aromatic rings. The zero-order chi connectivity index (χ0) is 17.1. The Bertz CT molecular complexity index is 746. The molecule has 1 N–H and O–H groups in total. The highest BCUT2D eigenvalue weighted by atomic mass is 19.1. The Hall–Kier alpha value is -2.83. The van der Waals surface area contributed by atoms with Gasteiger partial charge >= 0.3 is 5.97 Å². The van der Waals surface area contributed by atoms with Crippen LogP contribution < -0.4 is 14.5 Å². The van der Waals surface area contributed by atoms with Crippen molar-refractivity contribution in [3.05, 3.63) is 47.9 Å². The van der Waals surface area contributed by atoms with E-state index in [0.717, 1.165) is 5.69 Å². The van der Waals surface area contributed by atoms with Gasteiger partial charge in [0.2, 0.25) is 0 Å². The molecule has 0 spiro atoms. The molecule has 0 unspecified atom stereocenters. The van der Waals surface area contributed by atoms with Gasteiger partial charge in [-0.1, -0.05) is 6.07 Å². The van der Waals surface area contributed by atoms with Crippen LogP contribution in [0.3, 0.4) is 0 Å². The average molecular weight is 331 g/mol. The van der Waals surface area contributed by atoms with E-state index in [-0.39, 0.29) is 11.5 Å². The van der Waals surface area contributed by atoms with Crippen molar-refractivity contribution in [2.24, 2.45) is 0 Å². The van der Waals surface area contributed by atoms with Crippen molar-refractivity contribution in [2.75, 3.05) is 43.1 Å². The van der Waals surface area contributed by atoms with E-state index in [1.807, 2.05) is 4.90 Å². The lowest BCUT2D eigenvalue weighted by Crippen LogP contribution is -2.47. The summed E-state index contributed by atoms with van der Waals surface area (Å²) in [6.07, 6.45) is 0. The van der Waals surface area contributed by atoms with Crippen molar-refractivity contribution in [3.63, 3.8) is 0 Å². The zero-order valence-corrected chi connectivity index (χ0v) is 13.3. The molecule has 126 valence electrons. The Labute approximate surface area is 139 Å². The molecule has 0 bridgehead atoms. The van der Waals surface area contributed by atoms with Crippen molar-refractivity contribution < 1.29 is 19.0 Å². The Kier molecular flexibility index (Phi) is 4.50. The first-order valence-corrected chi connectivity index (χ1v) is 7.62. The lowest BCUT2D eigenvalue weighted by molar-refractivity contribution is 0.0690. The van der Waals surface area contributed by atoms with Crippen LogP contribution in [-0.2, 0) is 0 Å². The summed E-state index contributed by atoms with van der Waals surface area (Å²) in [6, 6.07) is 9.49. The van der Waals surface area contributed by atoms with E-state index in [4.69, 9.17) is 9.84 Å². The average Bonchev–Trinajstić information content (AvgIpc) is 2.62. The predicted molar refractivity (Wildman–Crippen MR) is 88.6 cm³/mol. The topological polar surface area (TPSA) is 65.9 Å². The molecule has 0 atom stereocenters. The van der Waals surface area contributed by atoms with Gasteiger partial charge in [-0.3, -0.25) is 0 Å². The van der Waals surface area contributed by atoms with Crippen molar-refractivity contribution in [3.8, 4) is 5.75 Å². The van der Waals surface area contributed by atoms with Crippen LogP contribution in [0.15, 0.2) is 36.4 Å². The molecule has 1 aliphatic rings. The van der Waals surface area contributed by atoms with Crippen LogP contribution in [0.1, 0.15) is 10.5 Å². The highest BCUT2D eigenvalue weighted by Gasteiger charge is 2.21. The number of ether oxygens (including phenoxy) is 1. The van der Waals surface area contributed by atoms with E-state index in [0.29, 0.717) is 37.7 Å². The molecular formula is C17H18FN3O3. The molecule has 0 radical (unpaired) electrons. The number of nitrogens with zero attached hydrogens (tertiary/aromatic N) is 3. The van der Waals surface area contributed by atoms with Crippen LogP contribution in [0.5, 0.6) is 5.75 Å². The van der Waals surface area contributed by atoms with E-state index in [2.05, 4.69) is 9.88 Å². The number of rotatable bonds is 4. The molecule has 1 fully saturated rings. The molecule has 6 nitrogen and oxygen atoms in total. The SMILES string of the molecule is COc1cc(F)ccc1N1CCN(c2cccc(C(=O)O)n2)CC1. The van der Waals surface area contributed by atoms with Gasteiger partial charge in [0.15, 0.2) is 5.69 Å². The van der Waals surface area contributed by atoms with E-state index in [1.165, 1.54) is 25.3 Å². The zero-order valence-electron chi connectivity index (χ0n) is 13.3. The molecule has 7 heteroatoms. The maximum absolute atomic E-state index is 13.3. The third kappa shape index (κ3) is 3.24. The summed E-state index contributed by atoms with van der Waals surface area (Å²) in [7, 11) is 1.52. The lowest BCUT2D eigenvalue weighted by atomic mass is 10.2. The smallest absolute Gasteiger partial charge is 0.354 e. The highest BCUT2D eigenvalue weighted by Crippen LogP contribution is 2.30. The molecule has 0 aliphatic carbocycles. The molecule has 2 heterocycles. The van der Waals surface area contributed by atoms with Gasteiger partial charge in [-0.2, -0.15) is 0 Å². The number of hydrogen-bond donors (Lipinski definition) is 1. The van der Waals surface area contributed by atoms with Crippen molar-refractivity contribution in [1.29, 1.82) is 0 Å². The molecule has 0 amide bonds. The molecule has 1 aromatic heterocycles. The van der Waals surface area contributed by atoms with Gasteiger partial charge in [-0.15, -0.1) is 0 Å². The molecule has 0 saturated carbocycles. The van der Waals surface area contributed by atoms with Crippen LogP contribution in [-0.4, -0.2) is 49.3 Å². The van der Waals surface area contributed by atoms with Crippen LogP contribution >= 0.6 is 0 Å². The van der Waals surface area contributed by atoms with Crippen molar-refractivity contribution in [2.45, 2.75) is 0 Å². The van der Waals surface area contributed by atoms with E-state index in [1.54, 1.807) is 18.2 Å². The second kappa shape index (κ2) is 6.74. The van der Waals surface area contributed by atoms with Crippen molar-refractivity contribution in [1.82, 2.24) is 4.98 Å². The van der Waals surface area contributed by atoms with Gasteiger partial charge in [0, 0.05) is 32.2 Å². The summed E-state index contributed by atoms with van der Waals surface area (Å²) < 4.78 is 18.6. The Morgan fingerprint density at radius 3 is 2.54 bits per heavy atom. The number of methoxy groups -OCH3 is 1. The predicted octanol–water partition coefficient (Wildman–Crippen LogP) is 2.25. The largest absolute Gasteiger partial charge is 0.494 e. The molecule has 24 heavy (non-hydrogen) atoms. The number of carbonyl (C=O) groups is 1. The van der Waals surface area contributed by atoms with E-state index < -0.39 is 5.97 Å². The first-order chi connectivity index (χ1) is 11.6. The summed E-state index contributed by atoms with van der Waals surface area (Å²) in [4.78, 5) is 19.4. The summed E-state index contributed by atoms with van der Waals surface area (Å²) >= 11 is 0. The van der Waals surface area contributed by atoms with Gasteiger partial charge in [0.1, 0.15) is 17.4 Å². The van der Waals surface area contributed by atoms with Crippen LogP contribution in [0.25, 0.3) is 0 Å². The minimum absolute atomic E-state index is 0.0372.